The molecule has 2 N–H and O–H groups in total. The lowest BCUT2D eigenvalue weighted by atomic mass is 10.1. The minimum absolute atomic E-state index is 0.489. The number of rotatable bonds is 5. The highest BCUT2D eigenvalue weighted by Gasteiger charge is 2.18. The van der Waals surface area contributed by atoms with E-state index < -0.39 is 12.0 Å². The smallest absolute Gasteiger partial charge is 0.325 e. The van der Waals surface area contributed by atoms with Crippen LogP contribution in [0.15, 0.2) is 41.8 Å². The van der Waals surface area contributed by atoms with Gasteiger partial charge >= 0.3 is 5.97 Å². The largest absolute Gasteiger partial charge is 0.480 e. The lowest BCUT2D eigenvalue weighted by Crippen LogP contribution is -2.27. The third kappa shape index (κ3) is 3.32. The maximum atomic E-state index is 11.2. The van der Waals surface area contributed by atoms with Crippen LogP contribution >= 0.6 is 22.9 Å². The Hall–Kier alpha value is -1.36. The molecule has 18 heavy (non-hydrogen) atoms. The Morgan fingerprint density at radius 1 is 1.39 bits per heavy atom. The van der Waals surface area contributed by atoms with Crippen molar-refractivity contribution < 1.29 is 9.90 Å². The molecule has 0 saturated heterocycles. The van der Waals surface area contributed by atoms with Gasteiger partial charge in [-0.15, -0.1) is 11.3 Å². The molecule has 1 aromatic carbocycles. The van der Waals surface area contributed by atoms with Crippen molar-refractivity contribution in [1.82, 2.24) is 5.32 Å². The minimum Gasteiger partial charge on any atom is -0.480 e. The Bertz CT molecular complexity index is 527. The van der Waals surface area contributed by atoms with Gasteiger partial charge in [-0.05, 0) is 11.6 Å². The SMILES string of the molecule is O=C(O)C(NCc1cc(Cl)cs1)c1ccccc1. The molecule has 0 fully saturated rings. The number of thiophene rings is 1. The molecule has 0 aliphatic rings. The van der Waals surface area contributed by atoms with E-state index in [9.17, 15) is 9.90 Å². The molecular weight excluding hydrogens is 270 g/mol. The van der Waals surface area contributed by atoms with E-state index in [0.717, 1.165) is 10.4 Å². The first-order chi connectivity index (χ1) is 8.66. The van der Waals surface area contributed by atoms with Crippen LogP contribution in [0.1, 0.15) is 16.5 Å². The zero-order valence-electron chi connectivity index (χ0n) is 9.47. The van der Waals surface area contributed by atoms with Crippen LogP contribution in [0.5, 0.6) is 0 Å². The van der Waals surface area contributed by atoms with Crippen molar-refractivity contribution in [3.05, 3.63) is 57.2 Å². The van der Waals surface area contributed by atoms with E-state index >= 15 is 0 Å². The van der Waals surface area contributed by atoms with E-state index in [-0.39, 0.29) is 0 Å². The molecule has 0 radical (unpaired) electrons. The molecule has 0 bridgehead atoms. The molecule has 5 heteroatoms. The van der Waals surface area contributed by atoms with Crippen molar-refractivity contribution in [2.24, 2.45) is 0 Å². The van der Waals surface area contributed by atoms with Gasteiger partial charge in [0.1, 0.15) is 6.04 Å². The van der Waals surface area contributed by atoms with E-state index in [1.165, 1.54) is 11.3 Å². The van der Waals surface area contributed by atoms with E-state index in [4.69, 9.17) is 11.6 Å². The van der Waals surface area contributed by atoms with Crippen LogP contribution in [0.25, 0.3) is 0 Å². The summed E-state index contributed by atoms with van der Waals surface area (Å²) in [5.41, 5.74) is 0.743. The van der Waals surface area contributed by atoms with Crippen LogP contribution in [0.2, 0.25) is 5.02 Å². The minimum atomic E-state index is -0.885. The lowest BCUT2D eigenvalue weighted by molar-refractivity contribution is -0.139. The van der Waals surface area contributed by atoms with E-state index in [1.807, 2.05) is 29.6 Å². The molecule has 0 aliphatic carbocycles. The third-order valence-corrected chi connectivity index (χ3v) is 3.77. The van der Waals surface area contributed by atoms with Gasteiger partial charge in [0.05, 0.1) is 5.02 Å². The van der Waals surface area contributed by atoms with Crippen molar-refractivity contribution in [1.29, 1.82) is 0 Å². The molecule has 0 amide bonds. The molecule has 94 valence electrons. The van der Waals surface area contributed by atoms with Crippen LogP contribution in [0.3, 0.4) is 0 Å². The number of carboxylic acids is 1. The molecule has 1 unspecified atom stereocenters. The molecule has 1 aromatic heterocycles. The molecule has 1 heterocycles. The Labute approximate surface area is 114 Å². The maximum Gasteiger partial charge on any atom is 0.325 e. The molecule has 2 aromatic rings. The van der Waals surface area contributed by atoms with Gasteiger partial charge in [0.25, 0.3) is 0 Å². The zero-order valence-corrected chi connectivity index (χ0v) is 11.0. The number of hydrogen-bond acceptors (Lipinski definition) is 3. The Morgan fingerprint density at radius 2 is 2.11 bits per heavy atom. The summed E-state index contributed by atoms with van der Waals surface area (Å²) in [6.07, 6.45) is 0. The van der Waals surface area contributed by atoms with E-state index in [1.54, 1.807) is 12.1 Å². The number of halogens is 1. The number of hydrogen-bond donors (Lipinski definition) is 2. The van der Waals surface area contributed by atoms with E-state index in [2.05, 4.69) is 5.32 Å². The average molecular weight is 282 g/mol. The van der Waals surface area contributed by atoms with Crippen LogP contribution in [-0.2, 0) is 11.3 Å². The second-order valence-corrected chi connectivity index (χ2v) is 5.23. The second-order valence-electron chi connectivity index (χ2n) is 3.79. The lowest BCUT2D eigenvalue weighted by Gasteiger charge is -2.14. The first-order valence-electron chi connectivity index (χ1n) is 5.41. The highest BCUT2D eigenvalue weighted by atomic mass is 35.5. The van der Waals surface area contributed by atoms with Gasteiger partial charge in [-0.2, -0.15) is 0 Å². The predicted molar refractivity (Wildman–Crippen MR) is 73.0 cm³/mol. The van der Waals surface area contributed by atoms with Gasteiger partial charge in [-0.25, -0.2) is 0 Å². The first-order valence-corrected chi connectivity index (χ1v) is 6.66. The molecule has 1 atom stereocenters. The van der Waals surface area contributed by atoms with Crippen molar-refractivity contribution in [3.63, 3.8) is 0 Å². The normalized spacial score (nSPS) is 12.3. The molecule has 0 aliphatic heterocycles. The summed E-state index contributed by atoms with van der Waals surface area (Å²) in [5, 5.41) is 14.8. The summed E-state index contributed by atoms with van der Waals surface area (Å²) in [5.74, 6) is -0.885. The highest BCUT2D eigenvalue weighted by molar-refractivity contribution is 7.10. The zero-order chi connectivity index (χ0) is 13.0. The molecular formula is C13H12ClNO2S. The van der Waals surface area contributed by atoms with E-state index in [0.29, 0.717) is 11.6 Å². The van der Waals surface area contributed by atoms with Crippen molar-refractivity contribution in [2.45, 2.75) is 12.6 Å². The number of carboxylic acid groups (broad SMARTS) is 1. The van der Waals surface area contributed by atoms with Crippen LogP contribution in [0, 0.1) is 0 Å². The van der Waals surface area contributed by atoms with Crippen molar-refractivity contribution in [3.8, 4) is 0 Å². The molecule has 0 saturated carbocycles. The molecule has 0 spiro atoms. The van der Waals surface area contributed by atoms with Gasteiger partial charge in [-0.3, -0.25) is 10.1 Å². The summed E-state index contributed by atoms with van der Waals surface area (Å²) in [6, 6.07) is 10.3. The van der Waals surface area contributed by atoms with Gasteiger partial charge in [-0.1, -0.05) is 41.9 Å². The summed E-state index contributed by atoms with van der Waals surface area (Å²) >= 11 is 7.33. The van der Waals surface area contributed by atoms with Crippen molar-refractivity contribution in [2.75, 3.05) is 0 Å². The van der Waals surface area contributed by atoms with Crippen molar-refractivity contribution >= 4 is 28.9 Å². The molecule has 3 nitrogen and oxygen atoms in total. The summed E-state index contributed by atoms with van der Waals surface area (Å²) < 4.78 is 0. The topological polar surface area (TPSA) is 49.3 Å². The third-order valence-electron chi connectivity index (χ3n) is 2.48. The first kappa shape index (κ1) is 13.1. The molecule has 2 rings (SSSR count). The monoisotopic (exact) mass is 281 g/mol. The highest BCUT2D eigenvalue weighted by Crippen LogP contribution is 2.20. The van der Waals surface area contributed by atoms with Crippen LogP contribution in [-0.4, -0.2) is 11.1 Å². The van der Waals surface area contributed by atoms with Crippen LogP contribution in [0.4, 0.5) is 0 Å². The number of carbonyl (C=O) groups is 1. The van der Waals surface area contributed by atoms with Gasteiger partial charge in [0.2, 0.25) is 0 Å². The number of aliphatic carboxylic acids is 1. The maximum absolute atomic E-state index is 11.2. The number of nitrogens with one attached hydrogen (secondary N) is 1. The van der Waals surface area contributed by atoms with Gasteiger partial charge < -0.3 is 5.11 Å². The predicted octanol–water partition coefficient (Wildman–Crippen LogP) is 3.32. The fraction of sp³-hybridized carbons (Fsp3) is 0.154. The fourth-order valence-corrected chi connectivity index (χ4v) is 2.67. The van der Waals surface area contributed by atoms with Gasteiger partial charge in [0.15, 0.2) is 0 Å². The standard InChI is InChI=1S/C13H12ClNO2S/c14-10-6-11(18-8-10)7-15-12(13(16)17)9-4-2-1-3-5-9/h1-6,8,12,15H,7H2,(H,16,17). The summed E-state index contributed by atoms with van der Waals surface area (Å²) in [7, 11) is 0. The summed E-state index contributed by atoms with van der Waals surface area (Å²) in [6.45, 7) is 0.489. The Balaban J connectivity index is 2.06. The fourth-order valence-electron chi connectivity index (χ4n) is 1.64. The number of benzene rings is 1. The Kier molecular flexibility index (Phi) is 4.36. The quantitative estimate of drug-likeness (QED) is 0.884. The van der Waals surface area contributed by atoms with Crippen LogP contribution < -0.4 is 5.32 Å². The van der Waals surface area contributed by atoms with Gasteiger partial charge in [0, 0.05) is 16.8 Å². The second kappa shape index (κ2) is 6.00. The Morgan fingerprint density at radius 3 is 2.67 bits per heavy atom. The average Bonchev–Trinajstić information content (AvgIpc) is 2.76. The summed E-state index contributed by atoms with van der Waals surface area (Å²) in [4.78, 5) is 12.3.